The van der Waals surface area contributed by atoms with Crippen LogP contribution in [0.5, 0.6) is 0 Å². The maximum absolute atomic E-state index is 13.0. The Kier molecular flexibility index (Phi) is 7.46. The van der Waals surface area contributed by atoms with Gasteiger partial charge >= 0.3 is 24.8 Å². The molecule has 0 amide bonds. The van der Waals surface area contributed by atoms with Gasteiger partial charge in [0, 0.05) is 16.7 Å². The van der Waals surface area contributed by atoms with Gasteiger partial charge in [0.2, 0.25) is 0 Å². The fourth-order valence-corrected chi connectivity index (χ4v) is 1.39. The van der Waals surface area contributed by atoms with E-state index in [1.54, 1.807) is 6.92 Å². The third kappa shape index (κ3) is 5.47. The molecule has 0 unspecified atom stereocenters. The standard InChI is InChI=1S/C12H10ClFO4.Li.H/c1-2-18-12(17)11(16)6-10(15)7-3-8(13)5-9(14)4-7;;/h3-6,15H,2H2,1H3;;. The zero-order valence-corrected chi connectivity index (χ0v) is 10.2. The number of rotatable bonds is 4. The summed E-state index contributed by atoms with van der Waals surface area (Å²) < 4.78 is 17.4. The van der Waals surface area contributed by atoms with Crippen LogP contribution in [-0.2, 0) is 14.3 Å². The second-order valence-corrected chi connectivity index (χ2v) is 3.71. The van der Waals surface area contributed by atoms with Crippen molar-refractivity contribution in [2.24, 2.45) is 0 Å². The summed E-state index contributed by atoms with van der Waals surface area (Å²) in [7, 11) is 0. The first kappa shape index (κ1) is 17.7. The second kappa shape index (κ2) is 8.00. The zero-order valence-electron chi connectivity index (χ0n) is 9.44. The molecule has 1 aromatic rings. The molecular weight excluding hydrogens is 270 g/mol. The summed E-state index contributed by atoms with van der Waals surface area (Å²) in [4.78, 5) is 22.3. The van der Waals surface area contributed by atoms with Crippen LogP contribution in [0.15, 0.2) is 24.3 Å². The summed E-state index contributed by atoms with van der Waals surface area (Å²) in [5, 5.41) is 9.63. The Morgan fingerprint density at radius 3 is 2.58 bits per heavy atom. The van der Waals surface area contributed by atoms with Crippen LogP contribution in [0.25, 0.3) is 5.76 Å². The number of carbonyl (C=O) groups is 2. The molecule has 0 saturated carbocycles. The molecule has 19 heavy (non-hydrogen) atoms. The van der Waals surface area contributed by atoms with E-state index in [-0.39, 0.29) is 36.1 Å². The fraction of sp³-hybridized carbons (Fsp3) is 0.167. The summed E-state index contributed by atoms with van der Waals surface area (Å²) in [6.45, 7) is 1.59. The molecule has 98 valence electrons. The number of benzene rings is 1. The van der Waals surface area contributed by atoms with Gasteiger partial charge in [0.25, 0.3) is 5.78 Å². The van der Waals surface area contributed by atoms with Crippen LogP contribution in [0.4, 0.5) is 4.39 Å². The number of hydrogen-bond acceptors (Lipinski definition) is 4. The Balaban J connectivity index is 0.00000324. The van der Waals surface area contributed by atoms with Crippen LogP contribution < -0.4 is 0 Å². The quantitative estimate of drug-likeness (QED) is 0.301. The molecular formula is C12H11ClFLiO4. The molecule has 0 bridgehead atoms. The first-order valence-corrected chi connectivity index (χ1v) is 5.40. The van der Waals surface area contributed by atoms with Crippen molar-refractivity contribution < 1.29 is 23.8 Å². The van der Waals surface area contributed by atoms with E-state index in [0.29, 0.717) is 6.08 Å². The third-order valence-electron chi connectivity index (χ3n) is 1.90. The number of aliphatic hydroxyl groups excluding tert-OH is 1. The van der Waals surface area contributed by atoms with Gasteiger partial charge in [-0.2, -0.15) is 0 Å². The van der Waals surface area contributed by atoms with Crippen molar-refractivity contribution in [1.29, 1.82) is 0 Å². The van der Waals surface area contributed by atoms with Crippen molar-refractivity contribution in [2.75, 3.05) is 6.61 Å². The number of aliphatic hydroxyl groups is 1. The molecule has 0 radical (unpaired) electrons. The summed E-state index contributed by atoms with van der Waals surface area (Å²) in [5.74, 6) is -3.35. The van der Waals surface area contributed by atoms with Gasteiger partial charge in [0.1, 0.15) is 11.6 Å². The summed E-state index contributed by atoms with van der Waals surface area (Å²) in [6, 6.07) is 3.29. The summed E-state index contributed by atoms with van der Waals surface area (Å²) in [6.07, 6.45) is 0.656. The summed E-state index contributed by atoms with van der Waals surface area (Å²) >= 11 is 5.59. The Bertz CT molecular complexity index is 496. The van der Waals surface area contributed by atoms with E-state index in [4.69, 9.17) is 11.6 Å². The average molecular weight is 281 g/mol. The monoisotopic (exact) mass is 280 g/mol. The van der Waals surface area contributed by atoms with Gasteiger partial charge in [-0.1, -0.05) is 11.6 Å². The van der Waals surface area contributed by atoms with Crippen LogP contribution >= 0.6 is 11.6 Å². The van der Waals surface area contributed by atoms with E-state index in [1.165, 1.54) is 6.07 Å². The molecule has 0 atom stereocenters. The molecule has 0 aromatic heterocycles. The summed E-state index contributed by atoms with van der Waals surface area (Å²) in [5.41, 5.74) is -0.00218. The molecule has 0 heterocycles. The van der Waals surface area contributed by atoms with Crippen molar-refractivity contribution in [1.82, 2.24) is 0 Å². The van der Waals surface area contributed by atoms with Crippen molar-refractivity contribution in [3.05, 3.63) is 40.7 Å². The molecule has 7 heteroatoms. The van der Waals surface area contributed by atoms with E-state index in [0.717, 1.165) is 12.1 Å². The Morgan fingerprint density at radius 2 is 2.05 bits per heavy atom. The number of ketones is 1. The molecule has 0 saturated heterocycles. The van der Waals surface area contributed by atoms with Gasteiger partial charge in [0.15, 0.2) is 0 Å². The molecule has 1 rings (SSSR count). The molecule has 0 aliphatic carbocycles. The Hall–Kier alpha value is -1.28. The van der Waals surface area contributed by atoms with Gasteiger partial charge in [-0.15, -0.1) is 0 Å². The molecule has 1 aromatic carbocycles. The maximum atomic E-state index is 13.0. The predicted molar refractivity (Wildman–Crippen MR) is 70.8 cm³/mol. The van der Waals surface area contributed by atoms with Crippen LogP contribution in [-0.4, -0.2) is 42.3 Å². The van der Waals surface area contributed by atoms with Gasteiger partial charge in [0.05, 0.1) is 6.61 Å². The number of halogens is 2. The fourth-order valence-electron chi connectivity index (χ4n) is 1.17. The van der Waals surface area contributed by atoms with Crippen LogP contribution in [0.2, 0.25) is 5.02 Å². The Morgan fingerprint density at radius 1 is 1.42 bits per heavy atom. The van der Waals surface area contributed by atoms with E-state index in [1.807, 2.05) is 0 Å². The second-order valence-electron chi connectivity index (χ2n) is 3.27. The van der Waals surface area contributed by atoms with Crippen LogP contribution in [0.1, 0.15) is 12.5 Å². The van der Waals surface area contributed by atoms with Gasteiger partial charge in [-0.05, 0) is 25.1 Å². The van der Waals surface area contributed by atoms with Crippen LogP contribution in [0.3, 0.4) is 0 Å². The van der Waals surface area contributed by atoms with Gasteiger partial charge in [-0.25, -0.2) is 9.18 Å². The van der Waals surface area contributed by atoms with Gasteiger partial charge < -0.3 is 9.84 Å². The van der Waals surface area contributed by atoms with Crippen molar-refractivity contribution in [2.45, 2.75) is 6.92 Å². The SMILES string of the molecule is CCOC(=O)C(=O)C=C(O)c1cc(F)cc(Cl)c1.[LiH]. The van der Waals surface area contributed by atoms with Gasteiger partial charge in [-0.3, -0.25) is 4.79 Å². The minimum absolute atomic E-state index is 0. The number of ether oxygens (including phenoxy) is 1. The van der Waals surface area contributed by atoms with E-state index in [9.17, 15) is 19.1 Å². The average Bonchev–Trinajstić information content (AvgIpc) is 2.27. The Labute approximate surface area is 126 Å². The molecule has 0 aliphatic heterocycles. The third-order valence-corrected chi connectivity index (χ3v) is 2.12. The number of hydrogen-bond donors (Lipinski definition) is 1. The van der Waals surface area contributed by atoms with E-state index in [2.05, 4.69) is 4.74 Å². The van der Waals surface area contributed by atoms with Crippen molar-refractivity contribution in [3.8, 4) is 0 Å². The first-order valence-electron chi connectivity index (χ1n) is 5.02. The normalized spacial score (nSPS) is 10.6. The predicted octanol–water partition coefficient (Wildman–Crippen LogP) is 1.86. The van der Waals surface area contributed by atoms with Crippen molar-refractivity contribution >= 4 is 48.0 Å². The zero-order chi connectivity index (χ0) is 13.7. The molecule has 4 nitrogen and oxygen atoms in total. The molecule has 0 aliphatic rings. The molecule has 0 fully saturated rings. The molecule has 0 spiro atoms. The first-order chi connectivity index (χ1) is 8.43. The number of carbonyl (C=O) groups excluding carboxylic acids is 2. The number of esters is 1. The van der Waals surface area contributed by atoms with E-state index >= 15 is 0 Å². The van der Waals surface area contributed by atoms with Crippen molar-refractivity contribution in [3.63, 3.8) is 0 Å². The topological polar surface area (TPSA) is 63.6 Å². The van der Waals surface area contributed by atoms with E-state index < -0.39 is 23.3 Å². The minimum atomic E-state index is -1.09. The van der Waals surface area contributed by atoms with Crippen LogP contribution in [0, 0.1) is 5.82 Å². The molecule has 1 N–H and O–H groups in total.